The van der Waals surface area contributed by atoms with Crippen molar-refractivity contribution in [2.24, 2.45) is 0 Å². The zero-order valence-electron chi connectivity index (χ0n) is 12.8. The van der Waals surface area contributed by atoms with E-state index in [0.717, 1.165) is 5.56 Å². The summed E-state index contributed by atoms with van der Waals surface area (Å²) in [6, 6.07) is 7.52. The van der Waals surface area contributed by atoms with Crippen molar-refractivity contribution in [2.75, 3.05) is 19.9 Å². The van der Waals surface area contributed by atoms with Gasteiger partial charge in [-0.05, 0) is 13.0 Å². The molecule has 0 saturated heterocycles. The molecule has 0 aromatic heterocycles. The Labute approximate surface area is 129 Å². The predicted octanol–water partition coefficient (Wildman–Crippen LogP) is 1.72. The fourth-order valence-electron chi connectivity index (χ4n) is 2.11. The molecule has 1 amide bonds. The highest BCUT2D eigenvalue weighted by molar-refractivity contribution is 5.74. The number of esters is 1. The first-order valence-electron chi connectivity index (χ1n) is 7.16. The van der Waals surface area contributed by atoms with E-state index in [0.29, 0.717) is 25.6 Å². The van der Waals surface area contributed by atoms with Crippen LogP contribution in [0.3, 0.4) is 0 Å². The largest absolute Gasteiger partial charge is 0.482 e. The third-order valence-electron chi connectivity index (χ3n) is 3.19. The minimum absolute atomic E-state index is 0.00518. The van der Waals surface area contributed by atoms with Crippen LogP contribution in [0.25, 0.3) is 0 Å². The zero-order valence-corrected chi connectivity index (χ0v) is 12.8. The molecule has 1 heterocycles. The second kappa shape index (κ2) is 7.49. The number of rotatable bonds is 6. The molecule has 0 N–H and O–H groups in total. The Morgan fingerprint density at radius 3 is 2.68 bits per heavy atom. The smallest absolute Gasteiger partial charge is 0.344 e. The van der Waals surface area contributed by atoms with Gasteiger partial charge in [0.1, 0.15) is 5.75 Å². The predicted molar refractivity (Wildman–Crippen MR) is 80.6 cm³/mol. The van der Waals surface area contributed by atoms with Crippen LogP contribution in [0.5, 0.6) is 5.75 Å². The number of hydrogen-bond donors (Lipinski definition) is 0. The summed E-state index contributed by atoms with van der Waals surface area (Å²) >= 11 is 0. The second-order valence-electron chi connectivity index (χ2n) is 4.88. The molecular formula is C16H20N2O4. The SMILES string of the molecule is CCOC(=O)COc1ccccc1CN1C=CN(C(C)=O)C1. The molecule has 6 heteroatoms. The number of nitrogens with zero attached hydrogens (tertiary/aromatic N) is 2. The molecule has 0 atom stereocenters. The summed E-state index contributed by atoms with van der Waals surface area (Å²) in [5.74, 6) is 0.261. The number of amides is 1. The molecule has 1 aliphatic rings. The van der Waals surface area contributed by atoms with E-state index in [2.05, 4.69) is 0 Å². The van der Waals surface area contributed by atoms with Gasteiger partial charge in [0, 0.05) is 31.4 Å². The van der Waals surface area contributed by atoms with Gasteiger partial charge in [0.15, 0.2) is 6.61 Å². The highest BCUT2D eigenvalue weighted by atomic mass is 16.6. The van der Waals surface area contributed by atoms with E-state index < -0.39 is 0 Å². The molecule has 0 spiro atoms. The third-order valence-corrected chi connectivity index (χ3v) is 3.19. The van der Waals surface area contributed by atoms with Crippen molar-refractivity contribution in [3.63, 3.8) is 0 Å². The first kappa shape index (κ1) is 15.9. The molecule has 6 nitrogen and oxygen atoms in total. The van der Waals surface area contributed by atoms with Gasteiger partial charge >= 0.3 is 5.97 Å². The van der Waals surface area contributed by atoms with E-state index >= 15 is 0 Å². The van der Waals surface area contributed by atoms with Crippen LogP contribution in [0.1, 0.15) is 19.4 Å². The lowest BCUT2D eigenvalue weighted by Gasteiger charge is -2.20. The minimum atomic E-state index is -0.388. The van der Waals surface area contributed by atoms with Crippen molar-refractivity contribution in [1.82, 2.24) is 9.80 Å². The van der Waals surface area contributed by atoms with Gasteiger partial charge in [0.05, 0.1) is 13.3 Å². The van der Waals surface area contributed by atoms with Gasteiger partial charge in [0.25, 0.3) is 0 Å². The quantitative estimate of drug-likeness (QED) is 0.749. The van der Waals surface area contributed by atoms with Gasteiger partial charge in [-0.2, -0.15) is 0 Å². The first-order chi connectivity index (χ1) is 10.6. The van der Waals surface area contributed by atoms with Crippen molar-refractivity contribution >= 4 is 11.9 Å². The van der Waals surface area contributed by atoms with Gasteiger partial charge in [0.2, 0.25) is 5.91 Å². The lowest BCUT2D eigenvalue weighted by Crippen LogP contribution is -2.28. The number of carbonyl (C=O) groups excluding carboxylic acids is 2. The van der Waals surface area contributed by atoms with E-state index in [4.69, 9.17) is 9.47 Å². The Balaban J connectivity index is 1.96. The Morgan fingerprint density at radius 1 is 1.23 bits per heavy atom. The van der Waals surface area contributed by atoms with Crippen LogP contribution < -0.4 is 4.74 Å². The summed E-state index contributed by atoms with van der Waals surface area (Å²) in [6.45, 7) is 4.63. The number of ether oxygens (including phenoxy) is 2. The van der Waals surface area contributed by atoms with Crippen molar-refractivity contribution in [2.45, 2.75) is 20.4 Å². The monoisotopic (exact) mass is 304 g/mol. The van der Waals surface area contributed by atoms with Crippen molar-refractivity contribution < 1.29 is 19.1 Å². The van der Waals surface area contributed by atoms with E-state index in [-0.39, 0.29) is 18.5 Å². The number of carbonyl (C=O) groups is 2. The Kier molecular flexibility index (Phi) is 5.41. The number of para-hydroxylation sites is 1. The van der Waals surface area contributed by atoms with E-state index in [9.17, 15) is 9.59 Å². The molecule has 0 fully saturated rings. The fraction of sp³-hybridized carbons (Fsp3) is 0.375. The third kappa shape index (κ3) is 4.25. The molecule has 1 aromatic rings. The van der Waals surface area contributed by atoms with Gasteiger partial charge in [-0.15, -0.1) is 0 Å². The maximum absolute atomic E-state index is 11.4. The topological polar surface area (TPSA) is 59.1 Å². The van der Waals surface area contributed by atoms with Crippen molar-refractivity contribution in [3.8, 4) is 5.75 Å². The molecule has 0 bridgehead atoms. The molecule has 1 aliphatic heterocycles. The summed E-state index contributed by atoms with van der Waals surface area (Å²) < 4.78 is 10.4. The summed E-state index contributed by atoms with van der Waals surface area (Å²) in [5, 5.41) is 0. The maximum atomic E-state index is 11.4. The lowest BCUT2D eigenvalue weighted by atomic mass is 10.2. The summed E-state index contributed by atoms with van der Waals surface area (Å²) in [6.07, 6.45) is 3.62. The second-order valence-corrected chi connectivity index (χ2v) is 4.88. The summed E-state index contributed by atoms with van der Waals surface area (Å²) in [4.78, 5) is 26.3. The molecule has 0 saturated carbocycles. The minimum Gasteiger partial charge on any atom is -0.482 e. The molecule has 0 radical (unpaired) electrons. The average Bonchev–Trinajstić information content (AvgIpc) is 2.95. The van der Waals surface area contributed by atoms with Gasteiger partial charge in [-0.3, -0.25) is 9.69 Å². The van der Waals surface area contributed by atoms with Crippen LogP contribution in [-0.4, -0.2) is 41.6 Å². The highest BCUT2D eigenvalue weighted by Gasteiger charge is 2.17. The van der Waals surface area contributed by atoms with E-state index in [1.165, 1.54) is 6.92 Å². The van der Waals surface area contributed by atoms with Crippen LogP contribution in [0.15, 0.2) is 36.7 Å². The standard InChI is InChI=1S/C16H20N2O4/c1-3-21-16(20)11-22-15-7-5-4-6-14(15)10-17-8-9-18(12-17)13(2)19/h4-9H,3,10-12H2,1-2H3. The lowest BCUT2D eigenvalue weighted by molar-refractivity contribution is -0.145. The molecule has 2 rings (SSSR count). The normalized spacial score (nSPS) is 13.4. The molecule has 0 aliphatic carbocycles. The fourth-order valence-corrected chi connectivity index (χ4v) is 2.11. The Morgan fingerprint density at radius 2 is 2.00 bits per heavy atom. The van der Waals surface area contributed by atoms with Crippen LogP contribution >= 0.6 is 0 Å². The zero-order chi connectivity index (χ0) is 15.9. The van der Waals surface area contributed by atoms with Crippen molar-refractivity contribution in [1.29, 1.82) is 0 Å². The van der Waals surface area contributed by atoms with Crippen LogP contribution in [0, 0.1) is 0 Å². The summed E-state index contributed by atoms with van der Waals surface area (Å²) in [7, 11) is 0. The Bertz CT molecular complexity index is 571. The summed E-state index contributed by atoms with van der Waals surface area (Å²) in [5.41, 5.74) is 0.946. The molecule has 22 heavy (non-hydrogen) atoms. The van der Waals surface area contributed by atoms with Crippen molar-refractivity contribution in [3.05, 3.63) is 42.2 Å². The number of benzene rings is 1. The van der Waals surface area contributed by atoms with Gasteiger partial charge in [-0.25, -0.2) is 4.79 Å². The molecular weight excluding hydrogens is 284 g/mol. The van der Waals surface area contributed by atoms with Crippen LogP contribution in [0.2, 0.25) is 0 Å². The number of hydrogen-bond acceptors (Lipinski definition) is 5. The van der Waals surface area contributed by atoms with Crippen LogP contribution in [-0.2, 0) is 20.9 Å². The highest BCUT2D eigenvalue weighted by Crippen LogP contribution is 2.21. The molecule has 118 valence electrons. The van der Waals surface area contributed by atoms with Crippen LogP contribution in [0.4, 0.5) is 0 Å². The molecule has 0 unspecified atom stereocenters. The molecule has 1 aromatic carbocycles. The Hall–Kier alpha value is -2.50. The van der Waals surface area contributed by atoms with E-state index in [1.54, 1.807) is 18.0 Å². The van der Waals surface area contributed by atoms with Gasteiger partial charge < -0.3 is 14.4 Å². The van der Waals surface area contributed by atoms with E-state index in [1.807, 2.05) is 35.4 Å². The van der Waals surface area contributed by atoms with Gasteiger partial charge in [-0.1, -0.05) is 18.2 Å². The maximum Gasteiger partial charge on any atom is 0.344 e. The average molecular weight is 304 g/mol. The first-order valence-corrected chi connectivity index (χ1v) is 7.16.